The lowest BCUT2D eigenvalue weighted by molar-refractivity contribution is 0.360. The monoisotopic (exact) mass is 309 g/mol. The van der Waals surface area contributed by atoms with E-state index in [-0.39, 0.29) is 23.3 Å². The van der Waals surface area contributed by atoms with Crippen molar-refractivity contribution in [3.05, 3.63) is 30.2 Å². The molecule has 0 bridgehead atoms. The lowest BCUT2D eigenvalue weighted by atomic mass is 10.2. The second kappa shape index (κ2) is 5.45. The standard InChI is InChI=1S/C13H15N3O4S/c17-11-3-1-2-9(6-11)13-15-12(20-16-13)7-14-10-4-5-21(18,19)8-10/h1-3,6,10,14,17H,4-5,7-8H2. The van der Waals surface area contributed by atoms with Gasteiger partial charge in [0.15, 0.2) is 9.84 Å². The third-order valence-electron chi connectivity index (χ3n) is 3.35. The maximum absolute atomic E-state index is 11.4. The highest BCUT2D eigenvalue weighted by Crippen LogP contribution is 2.20. The van der Waals surface area contributed by atoms with Crippen LogP contribution in [0.15, 0.2) is 28.8 Å². The molecule has 1 fully saturated rings. The quantitative estimate of drug-likeness (QED) is 0.857. The molecule has 0 spiro atoms. The minimum Gasteiger partial charge on any atom is -0.508 e. The molecular weight excluding hydrogens is 294 g/mol. The van der Waals surface area contributed by atoms with Gasteiger partial charge in [0.05, 0.1) is 18.1 Å². The number of benzene rings is 1. The fraction of sp³-hybridized carbons (Fsp3) is 0.385. The van der Waals surface area contributed by atoms with Crippen LogP contribution < -0.4 is 5.32 Å². The van der Waals surface area contributed by atoms with Gasteiger partial charge in [0, 0.05) is 11.6 Å². The van der Waals surface area contributed by atoms with Gasteiger partial charge in [-0.15, -0.1) is 0 Å². The fourth-order valence-electron chi connectivity index (χ4n) is 2.28. The van der Waals surface area contributed by atoms with Gasteiger partial charge in [-0.3, -0.25) is 0 Å². The van der Waals surface area contributed by atoms with Gasteiger partial charge in [-0.2, -0.15) is 4.98 Å². The van der Waals surface area contributed by atoms with Crippen molar-refractivity contribution >= 4 is 9.84 Å². The second-order valence-corrected chi connectivity index (χ2v) is 7.27. The van der Waals surface area contributed by atoms with Crippen LogP contribution in [-0.4, -0.2) is 41.2 Å². The first-order chi connectivity index (χ1) is 10.0. The summed E-state index contributed by atoms with van der Waals surface area (Å²) in [4.78, 5) is 4.22. The van der Waals surface area contributed by atoms with Crippen LogP contribution in [0.4, 0.5) is 0 Å². The number of nitrogens with zero attached hydrogens (tertiary/aromatic N) is 2. The summed E-state index contributed by atoms with van der Waals surface area (Å²) in [5.74, 6) is 1.29. The molecule has 2 aromatic rings. The van der Waals surface area contributed by atoms with Crippen LogP contribution in [0.25, 0.3) is 11.4 Å². The summed E-state index contributed by atoms with van der Waals surface area (Å²) in [6, 6.07) is 6.51. The first-order valence-electron chi connectivity index (χ1n) is 6.58. The zero-order chi connectivity index (χ0) is 14.9. The van der Waals surface area contributed by atoms with E-state index >= 15 is 0 Å². The average molecular weight is 309 g/mol. The number of nitrogens with one attached hydrogen (secondary N) is 1. The topological polar surface area (TPSA) is 105 Å². The molecule has 1 saturated heterocycles. The van der Waals surface area contributed by atoms with Gasteiger partial charge in [0.25, 0.3) is 0 Å². The van der Waals surface area contributed by atoms with Crippen molar-refractivity contribution in [2.24, 2.45) is 0 Å². The van der Waals surface area contributed by atoms with Gasteiger partial charge in [0.1, 0.15) is 5.75 Å². The van der Waals surface area contributed by atoms with E-state index in [2.05, 4.69) is 15.5 Å². The zero-order valence-electron chi connectivity index (χ0n) is 11.2. The summed E-state index contributed by atoms with van der Waals surface area (Å²) in [7, 11) is -2.90. The summed E-state index contributed by atoms with van der Waals surface area (Å²) < 4.78 is 27.8. The maximum atomic E-state index is 11.4. The van der Waals surface area contributed by atoms with E-state index < -0.39 is 9.84 Å². The van der Waals surface area contributed by atoms with Crippen molar-refractivity contribution in [2.75, 3.05) is 11.5 Å². The first kappa shape index (κ1) is 14.0. The van der Waals surface area contributed by atoms with E-state index in [0.29, 0.717) is 30.2 Å². The predicted octanol–water partition coefficient (Wildman–Crippen LogP) is 0.719. The number of phenols is 1. The highest BCUT2D eigenvalue weighted by molar-refractivity contribution is 7.91. The highest BCUT2D eigenvalue weighted by Gasteiger charge is 2.27. The Morgan fingerprint density at radius 2 is 2.29 bits per heavy atom. The maximum Gasteiger partial charge on any atom is 0.240 e. The van der Waals surface area contributed by atoms with E-state index in [0.717, 1.165) is 0 Å². The lowest BCUT2D eigenvalue weighted by Gasteiger charge is -2.07. The summed E-state index contributed by atoms with van der Waals surface area (Å²) >= 11 is 0. The Bertz CT molecular complexity index is 741. The van der Waals surface area contributed by atoms with Gasteiger partial charge in [0.2, 0.25) is 11.7 Å². The van der Waals surface area contributed by atoms with Crippen molar-refractivity contribution in [3.8, 4) is 17.1 Å². The van der Waals surface area contributed by atoms with Crippen LogP contribution in [-0.2, 0) is 16.4 Å². The zero-order valence-corrected chi connectivity index (χ0v) is 12.0. The van der Waals surface area contributed by atoms with Crippen molar-refractivity contribution in [1.82, 2.24) is 15.5 Å². The molecule has 2 N–H and O–H groups in total. The van der Waals surface area contributed by atoms with Crippen LogP contribution in [0.2, 0.25) is 0 Å². The van der Waals surface area contributed by atoms with Crippen LogP contribution >= 0.6 is 0 Å². The van der Waals surface area contributed by atoms with E-state index in [1.165, 1.54) is 0 Å². The minimum absolute atomic E-state index is 0.0638. The normalized spacial score (nSPS) is 20.7. The van der Waals surface area contributed by atoms with Crippen LogP contribution in [0.1, 0.15) is 12.3 Å². The van der Waals surface area contributed by atoms with Gasteiger partial charge in [-0.1, -0.05) is 17.3 Å². The third-order valence-corrected chi connectivity index (χ3v) is 5.11. The van der Waals surface area contributed by atoms with Gasteiger partial charge in [-0.25, -0.2) is 8.42 Å². The molecule has 1 aliphatic heterocycles. The predicted molar refractivity (Wildman–Crippen MR) is 75.3 cm³/mol. The SMILES string of the molecule is O=S1(=O)CCC(NCc2nc(-c3cccc(O)c3)no2)C1. The molecule has 0 saturated carbocycles. The molecule has 21 heavy (non-hydrogen) atoms. The summed E-state index contributed by atoms with van der Waals surface area (Å²) in [6.45, 7) is 0.325. The third kappa shape index (κ3) is 3.40. The lowest BCUT2D eigenvalue weighted by Crippen LogP contribution is -2.29. The number of aromatic hydroxyl groups is 1. The highest BCUT2D eigenvalue weighted by atomic mass is 32.2. The number of hydrogen-bond acceptors (Lipinski definition) is 7. The Balaban J connectivity index is 1.63. The number of aromatic nitrogens is 2. The number of hydrogen-bond donors (Lipinski definition) is 2. The second-order valence-electron chi connectivity index (χ2n) is 5.04. The molecule has 0 radical (unpaired) electrons. The molecule has 8 heteroatoms. The molecular formula is C13H15N3O4S. The Morgan fingerprint density at radius 1 is 1.43 bits per heavy atom. The summed E-state index contributed by atoms with van der Waals surface area (Å²) in [5, 5.41) is 16.4. The average Bonchev–Trinajstić information content (AvgIpc) is 3.03. The molecule has 1 aliphatic rings. The van der Waals surface area contributed by atoms with Gasteiger partial charge in [-0.05, 0) is 18.6 Å². The van der Waals surface area contributed by atoms with Crippen LogP contribution in [0.3, 0.4) is 0 Å². The van der Waals surface area contributed by atoms with Crippen LogP contribution in [0, 0.1) is 0 Å². The smallest absolute Gasteiger partial charge is 0.240 e. The largest absolute Gasteiger partial charge is 0.508 e. The number of phenolic OH excluding ortho intramolecular Hbond substituents is 1. The molecule has 1 unspecified atom stereocenters. The molecule has 7 nitrogen and oxygen atoms in total. The number of rotatable bonds is 4. The molecule has 3 rings (SSSR count). The van der Waals surface area contributed by atoms with Crippen LogP contribution in [0.5, 0.6) is 5.75 Å². The van der Waals surface area contributed by atoms with Crippen molar-refractivity contribution in [1.29, 1.82) is 0 Å². The Kier molecular flexibility index (Phi) is 3.64. The van der Waals surface area contributed by atoms with Crippen molar-refractivity contribution in [2.45, 2.75) is 19.0 Å². The summed E-state index contributed by atoms with van der Waals surface area (Å²) in [6.07, 6.45) is 0.607. The Hall–Kier alpha value is -1.93. The van der Waals surface area contributed by atoms with E-state index in [4.69, 9.17) is 4.52 Å². The molecule has 112 valence electrons. The Labute approximate surface area is 121 Å². The van der Waals surface area contributed by atoms with Gasteiger partial charge < -0.3 is 14.9 Å². The first-order valence-corrected chi connectivity index (χ1v) is 8.40. The van der Waals surface area contributed by atoms with E-state index in [9.17, 15) is 13.5 Å². The fourth-order valence-corrected chi connectivity index (χ4v) is 3.98. The van der Waals surface area contributed by atoms with Crippen molar-refractivity contribution < 1.29 is 18.0 Å². The molecule has 0 aliphatic carbocycles. The Morgan fingerprint density at radius 3 is 3.00 bits per heavy atom. The van der Waals surface area contributed by atoms with E-state index in [1.54, 1.807) is 24.3 Å². The van der Waals surface area contributed by atoms with Crippen molar-refractivity contribution in [3.63, 3.8) is 0 Å². The van der Waals surface area contributed by atoms with Gasteiger partial charge >= 0.3 is 0 Å². The molecule has 1 atom stereocenters. The molecule has 1 aromatic carbocycles. The minimum atomic E-state index is -2.90. The van der Waals surface area contributed by atoms with E-state index in [1.807, 2.05) is 0 Å². The molecule has 1 aromatic heterocycles. The summed E-state index contributed by atoms with van der Waals surface area (Å²) in [5.41, 5.74) is 0.661. The molecule has 0 amide bonds. The molecule has 2 heterocycles. The number of sulfone groups is 1.